The number of primary amides is 2. The van der Waals surface area contributed by atoms with Crippen LogP contribution in [0.4, 0.5) is 4.79 Å². The van der Waals surface area contributed by atoms with E-state index in [9.17, 15) is 47.9 Å². The summed E-state index contributed by atoms with van der Waals surface area (Å²) in [6.07, 6.45) is 3.96. The predicted octanol–water partition coefficient (Wildman–Crippen LogP) is -2.89. The summed E-state index contributed by atoms with van der Waals surface area (Å²) in [6, 6.07) is -3.33. The number of hydrogen-bond donors (Lipinski definition) is 11. The van der Waals surface area contributed by atoms with Crippen LogP contribution in [0.2, 0.25) is 0 Å². The molecule has 3 aliphatic rings. The topological polar surface area (TPSA) is 342 Å². The van der Waals surface area contributed by atoms with Crippen LogP contribution in [0.25, 0.3) is 0 Å². The Morgan fingerprint density at radius 3 is 2.27 bits per heavy atom. The quantitative estimate of drug-likeness (QED) is 0.0181. The van der Waals surface area contributed by atoms with Gasteiger partial charge >= 0.3 is 6.03 Å². The Labute approximate surface area is 352 Å². The third kappa shape index (κ3) is 16.5. The standard InChI is InChI=1S/C37H61N11O11S/c1-20(2)14-21(15-29(51)47-59)34(55)44-23(16-27(38)49)36(57)48-13-7-9-25(48)35(56)42-17-30(52)41-18-31(53)43-22(33(39)54)8-5-6-12-40-28(50)11-4-3-10-26-32-24(19-60-26)45-37(58)46-32/h20-26,32,59H,3-19H2,1-2H3,(H2,38,49)(H2,39,54)(H,40,50)(H,41,52)(H,42,56)(H,43,53)(H,44,55)(H,47,51)(H2,45,46,58)/t21?,22-,23-,24-,25-,26-,32-/m0/s1. The van der Waals surface area contributed by atoms with Crippen molar-refractivity contribution in [3.63, 3.8) is 0 Å². The second-order valence-corrected chi connectivity index (χ2v) is 17.0. The van der Waals surface area contributed by atoms with Gasteiger partial charge in [-0.3, -0.25) is 48.4 Å². The van der Waals surface area contributed by atoms with Gasteiger partial charge in [0, 0.05) is 42.9 Å². The molecule has 1 unspecified atom stereocenters. The van der Waals surface area contributed by atoms with E-state index in [-0.39, 0.29) is 62.2 Å². The smallest absolute Gasteiger partial charge is 0.315 e. The zero-order valence-corrected chi connectivity index (χ0v) is 35.0. The molecule has 13 N–H and O–H groups in total. The number of carbonyl (C=O) groups is 10. The molecule has 0 aromatic rings. The second kappa shape index (κ2) is 24.8. The van der Waals surface area contributed by atoms with Crippen LogP contribution in [0, 0.1) is 11.8 Å². The average molecular weight is 868 g/mol. The van der Waals surface area contributed by atoms with Crippen molar-refractivity contribution < 1.29 is 53.2 Å². The number of hydroxylamine groups is 1. The number of rotatable bonds is 26. The maximum absolute atomic E-state index is 13.6. The molecular formula is C37H61N11O11S. The molecule has 60 heavy (non-hydrogen) atoms. The van der Waals surface area contributed by atoms with Crippen molar-refractivity contribution in [1.82, 2.24) is 47.6 Å². The fourth-order valence-corrected chi connectivity index (χ4v) is 8.98. The molecular weight excluding hydrogens is 807 g/mol. The maximum atomic E-state index is 13.6. The molecule has 336 valence electrons. The van der Waals surface area contributed by atoms with Gasteiger partial charge < -0.3 is 53.6 Å². The van der Waals surface area contributed by atoms with Gasteiger partial charge in [0.2, 0.25) is 53.2 Å². The van der Waals surface area contributed by atoms with Crippen LogP contribution >= 0.6 is 11.8 Å². The van der Waals surface area contributed by atoms with E-state index in [0.717, 1.165) is 25.0 Å². The fourth-order valence-electron chi connectivity index (χ4n) is 7.44. The molecule has 23 heteroatoms. The van der Waals surface area contributed by atoms with E-state index in [0.29, 0.717) is 37.5 Å². The molecule has 22 nitrogen and oxygen atoms in total. The van der Waals surface area contributed by atoms with Gasteiger partial charge in [-0.05, 0) is 57.3 Å². The van der Waals surface area contributed by atoms with Crippen molar-refractivity contribution in [2.75, 3.05) is 31.9 Å². The summed E-state index contributed by atoms with van der Waals surface area (Å²) in [5, 5.41) is 27.7. The van der Waals surface area contributed by atoms with Gasteiger partial charge in [-0.25, -0.2) is 10.3 Å². The summed E-state index contributed by atoms with van der Waals surface area (Å²) in [4.78, 5) is 125. The Bertz CT molecular complexity index is 1580. The molecule has 0 bridgehead atoms. The number of thioether (sulfide) groups is 1. The van der Waals surface area contributed by atoms with Gasteiger partial charge in [-0.15, -0.1) is 0 Å². The SMILES string of the molecule is CC(C)CC(CC(=O)NO)C(=O)N[C@@H](CC(N)=O)C(=O)N1CCC[C@H]1C(=O)NCC(=O)NCC(=O)N[C@@H](CCCCNC(=O)CCCC[C@@H]1SC[C@@H]2NC(=O)N[C@@H]21)C(N)=O. The molecule has 3 saturated heterocycles. The van der Waals surface area contributed by atoms with Crippen LogP contribution in [0.5, 0.6) is 0 Å². The van der Waals surface area contributed by atoms with Gasteiger partial charge in [0.25, 0.3) is 0 Å². The van der Waals surface area contributed by atoms with Crippen molar-refractivity contribution in [1.29, 1.82) is 0 Å². The highest BCUT2D eigenvalue weighted by atomic mass is 32.2. The van der Waals surface area contributed by atoms with Crippen LogP contribution in [-0.4, -0.2) is 137 Å². The van der Waals surface area contributed by atoms with Gasteiger partial charge in [0.15, 0.2) is 0 Å². The minimum absolute atomic E-state index is 0.0355. The van der Waals surface area contributed by atoms with Crippen LogP contribution in [0.3, 0.4) is 0 Å². The number of unbranched alkanes of at least 4 members (excludes halogenated alkanes) is 2. The van der Waals surface area contributed by atoms with E-state index in [1.807, 2.05) is 25.6 Å². The number of likely N-dealkylation sites (tertiary alicyclic amines) is 1. The first-order valence-electron chi connectivity index (χ1n) is 20.4. The number of nitrogens with zero attached hydrogens (tertiary/aromatic N) is 1. The molecule has 0 spiro atoms. The monoisotopic (exact) mass is 867 g/mol. The number of fused-ring (bicyclic) bond motifs is 1. The third-order valence-electron chi connectivity index (χ3n) is 10.4. The summed E-state index contributed by atoms with van der Waals surface area (Å²) in [5.74, 6) is -6.27. The Morgan fingerprint density at radius 1 is 0.850 bits per heavy atom. The minimum atomic E-state index is -1.44. The summed E-state index contributed by atoms with van der Waals surface area (Å²) < 4.78 is 0. The van der Waals surface area contributed by atoms with E-state index in [1.54, 1.807) is 0 Å². The molecule has 3 heterocycles. The summed E-state index contributed by atoms with van der Waals surface area (Å²) >= 11 is 1.83. The Kier molecular flexibility index (Phi) is 20.3. The van der Waals surface area contributed by atoms with E-state index in [4.69, 9.17) is 16.7 Å². The van der Waals surface area contributed by atoms with Crippen molar-refractivity contribution in [3.05, 3.63) is 0 Å². The number of amides is 11. The van der Waals surface area contributed by atoms with Crippen LogP contribution in [0.1, 0.15) is 90.9 Å². The Hall–Kier alpha value is -5.19. The lowest BCUT2D eigenvalue weighted by atomic mass is 9.92. The largest absolute Gasteiger partial charge is 0.370 e. The molecule has 3 rings (SSSR count). The predicted molar refractivity (Wildman–Crippen MR) is 216 cm³/mol. The van der Waals surface area contributed by atoms with Crippen molar-refractivity contribution in [2.24, 2.45) is 23.3 Å². The Morgan fingerprint density at radius 2 is 1.58 bits per heavy atom. The van der Waals surface area contributed by atoms with E-state index >= 15 is 0 Å². The van der Waals surface area contributed by atoms with E-state index < -0.39 is 90.8 Å². The molecule has 11 amide bonds. The van der Waals surface area contributed by atoms with E-state index in [1.165, 1.54) is 10.4 Å². The first-order valence-corrected chi connectivity index (χ1v) is 21.4. The molecule has 7 atom stereocenters. The average Bonchev–Trinajstić information content (AvgIpc) is 3.92. The number of nitrogens with one attached hydrogen (secondary N) is 8. The lowest BCUT2D eigenvalue weighted by molar-refractivity contribution is -0.143. The highest BCUT2D eigenvalue weighted by Crippen LogP contribution is 2.33. The maximum Gasteiger partial charge on any atom is 0.315 e. The molecule has 0 aromatic carbocycles. The molecule has 3 fully saturated rings. The summed E-state index contributed by atoms with van der Waals surface area (Å²) in [7, 11) is 0. The molecule has 0 radical (unpaired) electrons. The number of carbonyl (C=O) groups excluding carboxylic acids is 10. The molecule has 3 aliphatic heterocycles. The Balaban J connectivity index is 1.35. The van der Waals surface area contributed by atoms with E-state index in [2.05, 4.69) is 37.2 Å². The summed E-state index contributed by atoms with van der Waals surface area (Å²) in [6.45, 7) is 3.03. The number of nitrogens with two attached hydrogens (primary N) is 2. The summed E-state index contributed by atoms with van der Waals surface area (Å²) in [5.41, 5.74) is 12.3. The minimum Gasteiger partial charge on any atom is -0.370 e. The van der Waals surface area contributed by atoms with Gasteiger partial charge in [0.1, 0.15) is 18.1 Å². The van der Waals surface area contributed by atoms with Crippen LogP contribution in [-0.2, 0) is 43.2 Å². The third-order valence-corrected chi connectivity index (χ3v) is 11.9. The normalized spacial score (nSPS) is 20.7. The zero-order valence-electron chi connectivity index (χ0n) is 34.2. The lowest BCUT2D eigenvalue weighted by Gasteiger charge is -2.29. The van der Waals surface area contributed by atoms with Gasteiger partial charge in [-0.1, -0.05) is 20.3 Å². The van der Waals surface area contributed by atoms with Crippen LogP contribution < -0.4 is 54.2 Å². The van der Waals surface area contributed by atoms with Crippen molar-refractivity contribution >= 4 is 71.0 Å². The zero-order chi connectivity index (χ0) is 44.4. The van der Waals surface area contributed by atoms with Crippen LogP contribution in [0.15, 0.2) is 0 Å². The number of urea groups is 1. The first-order chi connectivity index (χ1) is 28.5. The van der Waals surface area contributed by atoms with Gasteiger partial charge in [-0.2, -0.15) is 11.8 Å². The van der Waals surface area contributed by atoms with Gasteiger partial charge in [0.05, 0.1) is 31.6 Å². The molecule has 0 saturated carbocycles. The fraction of sp³-hybridized carbons (Fsp3) is 0.730. The second-order valence-electron chi connectivity index (χ2n) is 15.7. The first kappa shape index (κ1) is 49.2. The highest BCUT2D eigenvalue weighted by molar-refractivity contribution is 8.00. The highest BCUT2D eigenvalue weighted by Gasteiger charge is 2.43. The number of hydrogen-bond acceptors (Lipinski definition) is 12. The molecule has 0 aromatic heterocycles. The van der Waals surface area contributed by atoms with Crippen molar-refractivity contribution in [2.45, 2.75) is 126 Å². The molecule has 0 aliphatic carbocycles. The van der Waals surface area contributed by atoms with Crippen molar-refractivity contribution in [3.8, 4) is 0 Å². The lowest BCUT2D eigenvalue weighted by Crippen LogP contribution is -2.56.